The highest BCUT2D eigenvalue weighted by Gasteiger charge is 2.29. The second-order valence-electron chi connectivity index (χ2n) is 8.18. The minimum absolute atomic E-state index is 0.493. The second kappa shape index (κ2) is 12.9. The van der Waals surface area contributed by atoms with Gasteiger partial charge in [-0.15, -0.1) is 6.58 Å². The predicted octanol–water partition coefficient (Wildman–Crippen LogP) is 8.14. The van der Waals surface area contributed by atoms with Crippen molar-refractivity contribution in [2.75, 3.05) is 0 Å². The molecule has 0 aromatic heterocycles. The van der Waals surface area contributed by atoms with Gasteiger partial charge in [0.1, 0.15) is 11.2 Å². The van der Waals surface area contributed by atoms with Crippen molar-refractivity contribution < 1.29 is 9.78 Å². The topological polar surface area (TPSA) is 18.5 Å². The molecule has 29 heavy (non-hydrogen) atoms. The zero-order valence-electron chi connectivity index (χ0n) is 19.3. The molecule has 0 heterocycles. The van der Waals surface area contributed by atoms with Gasteiger partial charge < -0.3 is 0 Å². The highest BCUT2D eigenvalue weighted by atomic mass is 17.2. The third kappa shape index (κ3) is 11.9. The summed E-state index contributed by atoms with van der Waals surface area (Å²) in [6, 6.07) is 20.2. The van der Waals surface area contributed by atoms with Gasteiger partial charge in [0, 0.05) is 0 Å². The van der Waals surface area contributed by atoms with Crippen LogP contribution in [-0.2, 0) is 21.0 Å². The van der Waals surface area contributed by atoms with E-state index >= 15 is 0 Å². The van der Waals surface area contributed by atoms with Crippen molar-refractivity contribution >= 4 is 0 Å². The molecule has 0 aliphatic heterocycles. The van der Waals surface area contributed by atoms with Crippen LogP contribution in [0.1, 0.15) is 59.6 Å². The molecule has 0 saturated heterocycles. The Hall–Kier alpha value is -2.42. The van der Waals surface area contributed by atoms with E-state index in [4.69, 9.17) is 9.78 Å². The van der Waals surface area contributed by atoms with Crippen LogP contribution in [0.3, 0.4) is 0 Å². The van der Waals surface area contributed by atoms with E-state index in [-0.39, 0.29) is 0 Å². The fraction of sp³-hybridized carbons (Fsp3) is 0.333. The Morgan fingerprint density at radius 2 is 0.931 bits per heavy atom. The quantitative estimate of drug-likeness (QED) is 0.213. The van der Waals surface area contributed by atoms with Crippen LogP contribution < -0.4 is 0 Å². The van der Waals surface area contributed by atoms with E-state index in [1.165, 1.54) is 5.57 Å². The van der Waals surface area contributed by atoms with Gasteiger partial charge in [0.05, 0.1) is 0 Å². The van der Waals surface area contributed by atoms with E-state index in [1.807, 2.05) is 109 Å². The average molecular weight is 395 g/mol. The van der Waals surface area contributed by atoms with Crippen LogP contribution in [0.2, 0.25) is 0 Å². The van der Waals surface area contributed by atoms with Gasteiger partial charge in [0.25, 0.3) is 0 Å². The lowest BCUT2D eigenvalue weighted by Crippen LogP contribution is -2.29. The average Bonchev–Trinajstić information content (AvgIpc) is 2.68. The van der Waals surface area contributed by atoms with Crippen molar-refractivity contribution in [2.24, 2.45) is 0 Å². The van der Waals surface area contributed by atoms with Crippen LogP contribution in [0.5, 0.6) is 0 Å². The van der Waals surface area contributed by atoms with Gasteiger partial charge >= 0.3 is 0 Å². The maximum absolute atomic E-state index is 5.73. The molecule has 0 aliphatic rings. The molecule has 2 aromatic carbocycles. The smallest absolute Gasteiger partial charge is 0.123 e. The van der Waals surface area contributed by atoms with E-state index in [0.29, 0.717) is 0 Å². The number of hydrogen-bond donors (Lipinski definition) is 0. The van der Waals surface area contributed by atoms with Crippen LogP contribution in [0.25, 0.3) is 0 Å². The Morgan fingerprint density at radius 1 is 0.690 bits per heavy atom. The number of allylic oxidation sites excluding steroid dienone is 3. The predicted molar refractivity (Wildman–Crippen MR) is 127 cm³/mol. The molecule has 0 N–H and O–H groups in total. The van der Waals surface area contributed by atoms with Gasteiger partial charge in [-0.3, -0.25) is 0 Å². The second-order valence-corrected chi connectivity index (χ2v) is 8.18. The van der Waals surface area contributed by atoms with Crippen molar-refractivity contribution in [3.63, 3.8) is 0 Å². The summed E-state index contributed by atoms with van der Waals surface area (Å²) in [6.45, 7) is 24.4. The molecule has 2 rings (SSSR count). The third-order valence-electron chi connectivity index (χ3n) is 3.74. The molecule has 0 atom stereocenters. The highest BCUT2D eigenvalue weighted by Crippen LogP contribution is 2.31. The Bertz CT molecular complexity index is 685. The van der Waals surface area contributed by atoms with Crippen molar-refractivity contribution in [1.29, 1.82) is 0 Å². The van der Waals surface area contributed by atoms with E-state index in [1.54, 1.807) is 6.08 Å². The number of hydrogen-bond acceptors (Lipinski definition) is 2. The van der Waals surface area contributed by atoms with Crippen LogP contribution in [0.4, 0.5) is 0 Å². The molecule has 0 unspecified atom stereocenters. The first kappa shape index (κ1) is 26.6. The van der Waals surface area contributed by atoms with Gasteiger partial charge in [-0.05, 0) is 59.6 Å². The monoisotopic (exact) mass is 394 g/mol. The fourth-order valence-electron chi connectivity index (χ4n) is 1.98. The Labute approximate surface area is 178 Å². The molecule has 0 radical (unpaired) electrons. The molecule has 0 saturated carbocycles. The Kier molecular flexibility index (Phi) is 11.8. The van der Waals surface area contributed by atoms with Crippen molar-refractivity contribution in [2.45, 2.75) is 59.7 Å². The summed E-state index contributed by atoms with van der Waals surface area (Å²) in [5, 5.41) is 0. The summed E-state index contributed by atoms with van der Waals surface area (Å²) in [4.78, 5) is 11.5. The standard InChI is InChI=1S/C18H22O2.C5H8.C4H8/c1-17(2,15-11-7-5-8-12-15)19-20-18(3,4)16-13-9-6-10-14-16;1-4-5(2)3;1-4(2)3/h5-14H,1-4H3;4H,1-2H2,3H3;1H2,2-3H3. The summed E-state index contributed by atoms with van der Waals surface area (Å²) >= 11 is 0. The van der Waals surface area contributed by atoms with Crippen LogP contribution in [-0.4, -0.2) is 0 Å². The summed E-state index contributed by atoms with van der Waals surface area (Å²) in [7, 11) is 0. The van der Waals surface area contributed by atoms with Crippen molar-refractivity contribution in [1.82, 2.24) is 0 Å². The third-order valence-corrected chi connectivity index (χ3v) is 3.74. The SMILES string of the molecule is C=C(C)C.C=CC(=C)C.CC(C)(OOC(C)(C)c1ccccc1)c1ccccc1. The first-order chi connectivity index (χ1) is 13.4. The molecule has 158 valence electrons. The van der Waals surface area contributed by atoms with E-state index in [9.17, 15) is 0 Å². The van der Waals surface area contributed by atoms with E-state index in [2.05, 4.69) is 19.7 Å². The molecule has 2 heteroatoms. The normalized spacial score (nSPS) is 10.6. The maximum Gasteiger partial charge on any atom is 0.123 e. The van der Waals surface area contributed by atoms with Gasteiger partial charge in [-0.2, -0.15) is 0 Å². The molecule has 0 spiro atoms. The van der Waals surface area contributed by atoms with Gasteiger partial charge in [0.2, 0.25) is 0 Å². The molecule has 0 aliphatic carbocycles. The minimum atomic E-state index is -0.493. The van der Waals surface area contributed by atoms with E-state index in [0.717, 1.165) is 16.7 Å². The molecular weight excluding hydrogens is 356 g/mol. The van der Waals surface area contributed by atoms with Gasteiger partial charge in [-0.25, -0.2) is 9.78 Å². The summed E-state index contributed by atoms with van der Waals surface area (Å²) in [6.07, 6.45) is 1.72. The molecule has 0 amide bonds. The van der Waals surface area contributed by atoms with Crippen LogP contribution in [0.15, 0.2) is 97.6 Å². The maximum atomic E-state index is 5.73. The summed E-state index contributed by atoms with van der Waals surface area (Å²) < 4.78 is 0. The first-order valence-electron chi connectivity index (χ1n) is 9.80. The summed E-state index contributed by atoms with van der Waals surface area (Å²) in [5.74, 6) is 0. The van der Waals surface area contributed by atoms with Crippen molar-refractivity contribution in [3.8, 4) is 0 Å². The minimum Gasteiger partial charge on any atom is -0.225 e. The van der Waals surface area contributed by atoms with Crippen molar-refractivity contribution in [3.05, 3.63) is 109 Å². The number of rotatable bonds is 6. The van der Waals surface area contributed by atoms with Gasteiger partial charge in [-0.1, -0.05) is 91.0 Å². The molecule has 0 fully saturated rings. The van der Waals surface area contributed by atoms with Crippen LogP contribution >= 0.6 is 0 Å². The zero-order valence-corrected chi connectivity index (χ0v) is 19.3. The molecular formula is C27H38O2. The highest BCUT2D eigenvalue weighted by molar-refractivity contribution is 5.22. The van der Waals surface area contributed by atoms with Crippen LogP contribution in [0, 0.1) is 0 Å². The molecule has 2 aromatic rings. The molecule has 2 nitrogen and oxygen atoms in total. The molecule has 0 bridgehead atoms. The Balaban J connectivity index is 0.000000734. The van der Waals surface area contributed by atoms with Gasteiger partial charge in [0.15, 0.2) is 0 Å². The van der Waals surface area contributed by atoms with E-state index < -0.39 is 11.2 Å². The Morgan fingerprint density at radius 3 is 1.14 bits per heavy atom. The number of benzene rings is 2. The lowest BCUT2D eigenvalue weighted by Gasteiger charge is -2.31. The largest absolute Gasteiger partial charge is 0.225 e. The fourth-order valence-corrected chi connectivity index (χ4v) is 1.98. The lowest BCUT2D eigenvalue weighted by atomic mass is 9.98. The first-order valence-corrected chi connectivity index (χ1v) is 9.80. The lowest BCUT2D eigenvalue weighted by molar-refractivity contribution is -0.410. The summed E-state index contributed by atoms with van der Waals surface area (Å²) in [5.41, 5.74) is 3.37. The zero-order chi connectivity index (χ0) is 22.5.